The number of methoxy groups -OCH3 is 2. The SMILES string of the molecule is COc1ccc(S(=O)(=O)N2CCN(C(=O)c3oc4c(Cl)cccc4c3C)CC2)cc1OC. The first-order valence-corrected chi connectivity index (χ1v) is 11.8. The van der Waals surface area contributed by atoms with Crippen molar-refractivity contribution >= 4 is 38.5 Å². The van der Waals surface area contributed by atoms with Gasteiger partial charge in [0.1, 0.15) is 0 Å². The number of carbonyl (C=O) groups excluding carboxylic acids is 1. The summed E-state index contributed by atoms with van der Waals surface area (Å²) in [5, 5.41) is 1.23. The Morgan fingerprint density at radius 1 is 1.03 bits per heavy atom. The van der Waals surface area contributed by atoms with Gasteiger partial charge in [0.15, 0.2) is 22.8 Å². The van der Waals surface area contributed by atoms with Gasteiger partial charge in [-0.25, -0.2) is 8.42 Å². The number of hydrogen-bond acceptors (Lipinski definition) is 6. The molecule has 1 amide bonds. The number of carbonyl (C=O) groups is 1. The minimum atomic E-state index is -3.75. The Hall–Kier alpha value is -2.75. The van der Waals surface area contributed by atoms with Gasteiger partial charge in [-0.05, 0) is 25.1 Å². The van der Waals surface area contributed by atoms with E-state index >= 15 is 0 Å². The van der Waals surface area contributed by atoms with Gasteiger partial charge in [0.05, 0.1) is 24.1 Å². The molecule has 1 saturated heterocycles. The molecule has 0 spiro atoms. The van der Waals surface area contributed by atoms with E-state index in [-0.39, 0.29) is 42.7 Å². The summed E-state index contributed by atoms with van der Waals surface area (Å²) >= 11 is 6.19. The molecule has 32 heavy (non-hydrogen) atoms. The Balaban J connectivity index is 1.51. The summed E-state index contributed by atoms with van der Waals surface area (Å²) in [4.78, 5) is 14.8. The Labute approximate surface area is 191 Å². The standard InChI is InChI=1S/C22H23ClN2O6S/c1-14-16-5-4-6-17(23)21(16)31-20(14)22(26)24-9-11-25(12-10-24)32(27,28)15-7-8-18(29-2)19(13-15)30-3/h4-8,13H,9-12H2,1-3H3. The van der Waals surface area contributed by atoms with Crippen molar-refractivity contribution < 1.29 is 27.1 Å². The fraction of sp³-hybridized carbons (Fsp3) is 0.318. The van der Waals surface area contributed by atoms with Gasteiger partial charge < -0.3 is 18.8 Å². The predicted molar refractivity (Wildman–Crippen MR) is 120 cm³/mol. The van der Waals surface area contributed by atoms with Crippen LogP contribution in [-0.4, -0.2) is 63.9 Å². The molecule has 0 unspecified atom stereocenters. The molecule has 0 atom stereocenters. The predicted octanol–water partition coefficient (Wildman–Crippen LogP) is 3.56. The van der Waals surface area contributed by atoms with Crippen LogP contribution in [0.1, 0.15) is 16.1 Å². The Bertz CT molecular complexity index is 1280. The summed E-state index contributed by atoms with van der Waals surface area (Å²) in [5.41, 5.74) is 1.19. The normalized spacial score (nSPS) is 15.2. The third-order valence-electron chi connectivity index (χ3n) is 5.63. The zero-order valence-corrected chi connectivity index (χ0v) is 19.5. The lowest BCUT2D eigenvalue weighted by Crippen LogP contribution is -2.50. The van der Waals surface area contributed by atoms with Crippen LogP contribution in [0.4, 0.5) is 0 Å². The first-order chi connectivity index (χ1) is 15.3. The first-order valence-electron chi connectivity index (χ1n) is 9.97. The third-order valence-corrected chi connectivity index (χ3v) is 7.82. The van der Waals surface area contributed by atoms with E-state index in [1.165, 1.54) is 30.7 Å². The summed E-state index contributed by atoms with van der Waals surface area (Å²) in [6.07, 6.45) is 0. The Morgan fingerprint density at radius 2 is 1.72 bits per heavy atom. The molecule has 170 valence electrons. The fourth-order valence-electron chi connectivity index (χ4n) is 3.81. The van der Waals surface area contributed by atoms with Crippen molar-refractivity contribution in [3.05, 3.63) is 52.7 Å². The number of sulfonamides is 1. The summed E-state index contributed by atoms with van der Waals surface area (Å²) in [6.45, 7) is 2.64. The maximum Gasteiger partial charge on any atom is 0.289 e. The van der Waals surface area contributed by atoms with Crippen LogP contribution in [0.2, 0.25) is 5.02 Å². The number of aryl methyl sites for hydroxylation is 1. The zero-order chi connectivity index (χ0) is 23.0. The molecule has 3 aromatic rings. The molecule has 4 rings (SSSR count). The molecular weight excluding hydrogens is 456 g/mol. The average Bonchev–Trinajstić information content (AvgIpc) is 3.16. The van der Waals surface area contributed by atoms with Gasteiger partial charge in [0.25, 0.3) is 5.91 Å². The molecule has 8 nitrogen and oxygen atoms in total. The van der Waals surface area contributed by atoms with Gasteiger partial charge in [-0.2, -0.15) is 4.31 Å². The van der Waals surface area contributed by atoms with E-state index in [0.717, 1.165) is 5.39 Å². The van der Waals surface area contributed by atoms with Crippen LogP contribution in [-0.2, 0) is 10.0 Å². The van der Waals surface area contributed by atoms with Gasteiger partial charge in [0.2, 0.25) is 10.0 Å². The number of ether oxygens (including phenoxy) is 2. The quantitative estimate of drug-likeness (QED) is 0.557. The van der Waals surface area contributed by atoms with Gasteiger partial charge in [0, 0.05) is 43.2 Å². The molecule has 0 N–H and O–H groups in total. The number of furan rings is 1. The minimum absolute atomic E-state index is 0.109. The number of halogens is 1. The zero-order valence-electron chi connectivity index (χ0n) is 17.9. The lowest BCUT2D eigenvalue weighted by molar-refractivity contribution is 0.0667. The van der Waals surface area contributed by atoms with Gasteiger partial charge >= 0.3 is 0 Å². The summed E-state index contributed by atoms with van der Waals surface area (Å²) in [7, 11) is -0.812. The second-order valence-electron chi connectivity index (χ2n) is 7.39. The maximum absolute atomic E-state index is 13.1. The topological polar surface area (TPSA) is 89.3 Å². The summed E-state index contributed by atoms with van der Waals surface area (Å²) < 4.78 is 43.7. The van der Waals surface area contributed by atoms with Crippen molar-refractivity contribution in [2.24, 2.45) is 0 Å². The summed E-state index contributed by atoms with van der Waals surface area (Å²) in [6, 6.07) is 9.84. The first kappa shape index (κ1) is 22.4. The van der Waals surface area contributed by atoms with E-state index in [2.05, 4.69) is 0 Å². The largest absolute Gasteiger partial charge is 0.493 e. The molecule has 1 aliphatic heterocycles. The van der Waals surface area contributed by atoms with Crippen LogP contribution in [0.3, 0.4) is 0 Å². The lowest BCUT2D eigenvalue weighted by atomic mass is 10.1. The molecule has 0 radical (unpaired) electrons. The van der Waals surface area contributed by atoms with Crippen molar-refractivity contribution in [2.45, 2.75) is 11.8 Å². The average molecular weight is 479 g/mol. The van der Waals surface area contributed by atoms with E-state index in [0.29, 0.717) is 27.7 Å². The van der Waals surface area contributed by atoms with Crippen molar-refractivity contribution in [2.75, 3.05) is 40.4 Å². The van der Waals surface area contributed by atoms with Crippen LogP contribution in [0.15, 0.2) is 45.7 Å². The molecule has 10 heteroatoms. The molecule has 2 aromatic carbocycles. The molecular formula is C22H23ClN2O6S. The van der Waals surface area contributed by atoms with Crippen molar-refractivity contribution in [3.8, 4) is 11.5 Å². The molecule has 1 fully saturated rings. The summed E-state index contributed by atoms with van der Waals surface area (Å²) in [5.74, 6) is 0.729. The number of fused-ring (bicyclic) bond motifs is 1. The number of nitrogens with zero attached hydrogens (tertiary/aromatic N) is 2. The van der Waals surface area contributed by atoms with Crippen molar-refractivity contribution in [1.82, 2.24) is 9.21 Å². The molecule has 0 bridgehead atoms. The highest BCUT2D eigenvalue weighted by molar-refractivity contribution is 7.89. The van der Waals surface area contributed by atoms with Crippen LogP contribution < -0.4 is 9.47 Å². The van der Waals surface area contributed by atoms with Gasteiger partial charge in [-0.3, -0.25) is 4.79 Å². The van der Waals surface area contributed by atoms with Crippen molar-refractivity contribution in [3.63, 3.8) is 0 Å². The third kappa shape index (κ3) is 3.80. The molecule has 1 aromatic heterocycles. The number of rotatable bonds is 5. The molecule has 2 heterocycles. The highest BCUT2D eigenvalue weighted by Gasteiger charge is 2.32. The monoisotopic (exact) mass is 478 g/mol. The highest BCUT2D eigenvalue weighted by atomic mass is 35.5. The number of piperazine rings is 1. The minimum Gasteiger partial charge on any atom is -0.493 e. The van der Waals surface area contributed by atoms with Crippen molar-refractivity contribution in [1.29, 1.82) is 0 Å². The fourth-order valence-corrected chi connectivity index (χ4v) is 5.47. The van der Waals surface area contributed by atoms with Gasteiger partial charge in [-0.15, -0.1) is 0 Å². The number of hydrogen-bond donors (Lipinski definition) is 0. The van der Waals surface area contributed by atoms with E-state index < -0.39 is 10.0 Å². The molecule has 0 saturated carbocycles. The van der Waals surface area contributed by atoms with Crippen LogP contribution in [0.25, 0.3) is 11.0 Å². The Morgan fingerprint density at radius 3 is 2.34 bits per heavy atom. The molecule has 1 aliphatic rings. The smallest absolute Gasteiger partial charge is 0.289 e. The van der Waals surface area contributed by atoms with Crippen LogP contribution >= 0.6 is 11.6 Å². The second kappa shape index (κ2) is 8.65. The van der Waals surface area contributed by atoms with E-state index in [9.17, 15) is 13.2 Å². The lowest BCUT2D eigenvalue weighted by Gasteiger charge is -2.33. The number of benzene rings is 2. The molecule has 0 aliphatic carbocycles. The van der Waals surface area contributed by atoms with E-state index in [1.54, 1.807) is 23.1 Å². The van der Waals surface area contributed by atoms with E-state index in [1.807, 2.05) is 13.0 Å². The van der Waals surface area contributed by atoms with Gasteiger partial charge in [-0.1, -0.05) is 23.7 Å². The van der Waals surface area contributed by atoms with E-state index in [4.69, 9.17) is 25.5 Å². The maximum atomic E-state index is 13.1. The second-order valence-corrected chi connectivity index (χ2v) is 9.73. The highest BCUT2D eigenvalue weighted by Crippen LogP contribution is 2.33. The number of para-hydroxylation sites is 1. The van der Waals surface area contributed by atoms with Crippen LogP contribution in [0, 0.1) is 6.92 Å². The number of amides is 1. The van der Waals surface area contributed by atoms with Crippen LogP contribution in [0.5, 0.6) is 11.5 Å². The Kier molecular flexibility index (Phi) is 6.07.